The zero-order valence-corrected chi connectivity index (χ0v) is 12.8. The highest BCUT2D eigenvalue weighted by Gasteiger charge is 2.41. The summed E-state index contributed by atoms with van der Waals surface area (Å²) in [5.74, 6) is 0. The molecule has 116 valence electrons. The molecule has 2 saturated heterocycles. The number of likely N-dealkylation sites (N-methyl/N-ethyl adjacent to an activating group) is 1. The molecule has 2 aliphatic rings. The molecule has 0 bridgehead atoms. The maximum Gasteiger partial charge on any atom is 0.104 e. The maximum absolute atomic E-state index is 6.33. The van der Waals surface area contributed by atoms with E-state index in [2.05, 4.69) is 28.3 Å². The Morgan fingerprint density at radius 3 is 3.33 bits per heavy atom. The second-order valence-electron chi connectivity index (χ2n) is 6.25. The molecule has 1 aromatic rings. The van der Waals surface area contributed by atoms with Crippen molar-refractivity contribution in [2.24, 2.45) is 0 Å². The van der Waals surface area contributed by atoms with Crippen LogP contribution in [0.4, 0.5) is 0 Å². The molecule has 5 nitrogen and oxygen atoms in total. The van der Waals surface area contributed by atoms with Crippen LogP contribution in [0.25, 0.3) is 0 Å². The lowest BCUT2D eigenvalue weighted by Crippen LogP contribution is -2.43. The third kappa shape index (κ3) is 4.01. The van der Waals surface area contributed by atoms with E-state index < -0.39 is 0 Å². The van der Waals surface area contributed by atoms with Crippen LogP contribution in [0.2, 0.25) is 0 Å². The summed E-state index contributed by atoms with van der Waals surface area (Å²) in [4.78, 5) is 6.48. The molecule has 0 aromatic carbocycles. The summed E-state index contributed by atoms with van der Waals surface area (Å²) in [5, 5.41) is 3.42. The van der Waals surface area contributed by atoms with Crippen molar-refractivity contribution < 1.29 is 9.47 Å². The van der Waals surface area contributed by atoms with Crippen molar-refractivity contribution >= 4 is 0 Å². The third-order valence-electron chi connectivity index (χ3n) is 4.26. The lowest BCUT2D eigenvalue weighted by molar-refractivity contribution is -0.0834. The highest BCUT2D eigenvalue weighted by atomic mass is 16.6. The lowest BCUT2D eigenvalue weighted by Gasteiger charge is -2.28. The first-order valence-corrected chi connectivity index (χ1v) is 7.80. The van der Waals surface area contributed by atoms with Gasteiger partial charge < -0.3 is 14.8 Å². The minimum atomic E-state index is -0.101. The molecule has 0 saturated carbocycles. The SMILES string of the molecule is CN(Cc1cccnc1)C[C@H]1CC[C@]2(CNCCOC2)O1. The Kier molecular flexibility index (Phi) is 4.85. The molecule has 5 heteroatoms. The average Bonchev–Trinajstić information content (AvgIpc) is 2.72. The van der Waals surface area contributed by atoms with Gasteiger partial charge in [-0.2, -0.15) is 0 Å². The number of aromatic nitrogens is 1. The summed E-state index contributed by atoms with van der Waals surface area (Å²) >= 11 is 0. The van der Waals surface area contributed by atoms with Crippen LogP contribution in [0.15, 0.2) is 24.5 Å². The Morgan fingerprint density at radius 1 is 1.52 bits per heavy atom. The molecule has 1 spiro atoms. The normalized spacial score (nSPS) is 29.9. The van der Waals surface area contributed by atoms with Gasteiger partial charge in [-0.05, 0) is 31.5 Å². The minimum absolute atomic E-state index is 0.101. The fourth-order valence-corrected chi connectivity index (χ4v) is 3.25. The Bertz CT molecular complexity index is 432. The van der Waals surface area contributed by atoms with Crippen molar-refractivity contribution in [1.29, 1.82) is 0 Å². The van der Waals surface area contributed by atoms with Crippen LogP contribution in [0.1, 0.15) is 18.4 Å². The third-order valence-corrected chi connectivity index (χ3v) is 4.26. The van der Waals surface area contributed by atoms with Gasteiger partial charge in [0.25, 0.3) is 0 Å². The molecular formula is C16H25N3O2. The van der Waals surface area contributed by atoms with Crippen molar-refractivity contribution in [2.45, 2.75) is 31.1 Å². The molecule has 2 aliphatic heterocycles. The predicted octanol–water partition coefficient (Wildman–Crippen LogP) is 1.05. The van der Waals surface area contributed by atoms with Crippen molar-refractivity contribution in [2.75, 3.05) is 39.9 Å². The van der Waals surface area contributed by atoms with Crippen molar-refractivity contribution in [3.63, 3.8) is 0 Å². The number of ether oxygens (including phenoxy) is 2. The van der Waals surface area contributed by atoms with E-state index >= 15 is 0 Å². The molecule has 21 heavy (non-hydrogen) atoms. The molecule has 3 rings (SSSR count). The van der Waals surface area contributed by atoms with Gasteiger partial charge in [0.1, 0.15) is 5.60 Å². The van der Waals surface area contributed by atoms with E-state index in [0.29, 0.717) is 6.10 Å². The van der Waals surface area contributed by atoms with Crippen molar-refractivity contribution in [3.05, 3.63) is 30.1 Å². The number of pyridine rings is 1. The molecule has 1 N–H and O–H groups in total. The van der Waals surface area contributed by atoms with Gasteiger partial charge in [0.05, 0.1) is 19.3 Å². The Balaban J connectivity index is 1.50. The highest BCUT2D eigenvalue weighted by molar-refractivity contribution is 5.08. The van der Waals surface area contributed by atoms with Gasteiger partial charge in [0, 0.05) is 38.6 Å². The van der Waals surface area contributed by atoms with E-state index in [1.165, 1.54) is 5.56 Å². The summed E-state index contributed by atoms with van der Waals surface area (Å²) in [6, 6.07) is 4.10. The van der Waals surface area contributed by atoms with E-state index in [1.54, 1.807) is 0 Å². The van der Waals surface area contributed by atoms with Gasteiger partial charge >= 0.3 is 0 Å². The van der Waals surface area contributed by atoms with Crippen molar-refractivity contribution in [1.82, 2.24) is 15.2 Å². The maximum atomic E-state index is 6.33. The lowest BCUT2D eigenvalue weighted by atomic mass is 10.0. The summed E-state index contributed by atoms with van der Waals surface area (Å²) in [7, 11) is 2.14. The zero-order valence-electron chi connectivity index (χ0n) is 12.8. The van der Waals surface area contributed by atoms with Gasteiger partial charge in [-0.15, -0.1) is 0 Å². The van der Waals surface area contributed by atoms with E-state index in [0.717, 1.165) is 52.2 Å². The van der Waals surface area contributed by atoms with E-state index in [9.17, 15) is 0 Å². The quantitative estimate of drug-likeness (QED) is 0.898. The van der Waals surface area contributed by atoms with Crippen LogP contribution >= 0.6 is 0 Å². The first-order chi connectivity index (χ1) is 10.3. The predicted molar refractivity (Wildman–Crippen MR) is 81.1 cm³/mol. The standard InChI is InChI=1S/C16H25N3O2/c1-19(10-14-3-2-6-17-9-14)11-15-4-5-16(21-15)12-18-7-8-20-13-16/h2-3,6,9,15,18H,4-5,7-8,10-13H2,1H3/t15-,16-/m1/s1. The largest absolute Gasteiger partial charge is 0.377 e. The second-order valence-corrected chi connectivity index (χ2v) is 6.25. The number of hydrogen-bond donors (Lipinski definition) is 1. The zero-order chi connectivity index (χ0) is 14.5. The van der Waals surface area contributed by atoms with Crippen molar-refractivity contribution in [3.8, 4) is 0 Å². The Hall–Kier alpha value is -1.01. The topological polar surface area (TPSA) is 46.6 Å². The molecule has 2 atom stereocenters. The van der Waals surface area contributed by atoms with Gasteiger partial charge in [-0.25, -0.2) is 0 Å². The molecule has 0 radical (unpaired) electrons. The summed E-state index contributed by atoms with van der Waals surface area (Å²) in [6.07, 6.45) is 6.24. The average molecular weight is 291 g/mol. The molecule has 0 unspecified atom stereocenters. The minimum Gasteiger partial charge on any atom is -0.377 e. The van der Waals surface area contributed by atoms with Gasteiger partial charge in [-0.1, -0.05) is 6.07 Å². The smallest absolute Gasteiger partial charge is 0.104 e. The fourth-order valence-electron chi connectivity index (χ4n) is 3.25. The van der Waals surface area contributed by atoms with E-state index in [-0.39, 0.29) is 5.60 Å². The Labute approximate surface area is 126 Å². The van der Waals surface area contributed by atoms with Crippen LogP contribution < -0.4 is 5.32 Å². The highest BCUT2D eigenvalue weighted by Crippen LogP contribution is 2.31. The number of nitrogens with one attached hydrogen (secondary N) is 1. The fraction of sp³-hybridized carbons (Fsp3) is 0.688. The van der Waals surface area contributed by atoms with Crippen LogP contribution in [0, 0.1) is 0 Å². The Morgan fingerprint density at radius 2 is 2.48 bits per heavy atom. The molecular weight excluding hydrogens is 266 g/mol. The summed E-state index contributed by atoms with van der Waals surface area (Å²) < 4.78 is 12.0. The summed E-state index contributed by atoms with van der Waals surface area (Å²) in [5.41, 5.74) is 1.14. The molecule has 0 amide bonds. The number of nitrogens with zero attached hydrogens (tertiary/aromatic N) is 2. The van der Waals surface area contributed by atoms with E-state index in [4.69, 9.17) is 9.47 Å². The van der Waals surface area contributed by atoms with Gasteiger partial charge in [-0.3, -0.25) is 9.88 Å². The molecule has 2 fully saturated rings. The number of hydrogen-bond acceptors (Lipinski definition) is 5. The molecule has 1 aromatic heterocycles. The van der Waals surface area contributed by atoms with Gasteiger partial charge in [0.15, 0.2) is 0 Å². The van der Waals surface area contributed by atoms with Crippen LogP contribution in [0.3, 0.4) is 0 Å². The van der Waals surface area contributed by atoms with Crippen LogP contribution in [-0.4, -0.2) is 61.5 Å². The van der Waals surface area contributed by atoms with Crippen LogP contribution in [-0.2, 0) is 16.0 Å². The summed E-state index contributed by atoms with van der Waals surface area (Å²) in [6.45, 7) is 5.22. The first kappa shape index (κ1) is 14.9. The van der Waals surface area contributed by atoms with Gasteiger partial charge in [0.2, 0.25) is 0 Å². The second kappa shape index (κ2) is 6.83. The molecule has 3 heterocycles. The van der Waals surface area contributed by atoms with E-state index in [1.807, 2.05) is 18.5 Å². The van der Waals surface area contributed by atoms with Crippen LogP contribution in [0.5, 0.6) is 0 Å². The monoisotopic (exact) mass is 291 g/mol. The number of rotatable bonds is 4. The molecule has 0 aliphatic carbocycles. The first-order valence-electron chi connectivity index (χ1n) is 7.80.